The molecule has 1 amide bonds. The standard InChI is InChI=1S/C14H20BN3O3S/c1-14(2,3)21-13(19)18-7-5-17(6-8-18)12(16-20)11-10(15)4-9-22-11/h4,9,20H,5-8H2,1-3H3/b16-12-. The van der Waals surface area contributed by atoms with Crippen LogP contribution in [0.15, 0.2) is 16.6 Å². The summed E-state index contributed by atoms with van der Waals surface area (Å²) in [5, 5.41) is 14.5. The van der Waals surface area contributed by atoms with E-state index in [1.54, 1.807) is 11.0 Å². The van der Waals surface area contributed by atoms with Crippen molar-refractivity contribution in [3.8, 4) is 0 Å². The van der Waals surface area contributed by atoms with E-state index in [2.05, 4.69) is 5.16 Å². The van der Waals surface area contributed by atoms with E-state index < -0.39 is 5.60 Å². The quantitative estimate of drug-likeness (QED) is 0.278. The summed E-state index contributed by atoms with van der Waals surface area (Å²) in [5.74, 6) is 0.455. The molecule has 1 aromatic heterocycles. The van der Waals surface area contributed by atoms with Crippen LogP contribution in [0.3, 0.4) is 0 Å². The number of hydrogen-bond donors (Lipinski definition) is 1. The molecule has 1 aliphatic heterocycles. The molecule has 0 aromatic carbocycles. The zero-order valence-electron chi connectivity index (χ0n) is 13.1. The molecule has 6 nitrogen and oxygen atoms in total. The van der Waals surface area contributed by atoms with Gasteiger partial charge in [-0.3, -0.25) is 0 Å². The normalized spacial score (nSPS) is 16.8. The Morgan fingerprint density at radius 2 is 1.91 bits per heavy atom. The Morgan fingerprint density at radius 1 is 1.32 bits per heavy atom. The molecule has 1 aromatic rings. The average Bonchev–Trinajstić information content (AvgIpc) is 2.85. The van der Waals surface area contributed by atoms with E-state index in [-0.39, 0.29) is 6.09 Å². The van der Waals surface area contributed by atoms with Crippen molar-refractivity contribution in [3.63, 3.8) is 0 Å². The van der Waals surface area contributed by atoms with Crippen molar-refractivity contribution < 1.29 is 14.7 Å². The highest BCUT2D eigenvalue weighted by molar-refractivity contribution is 7.13. The zero-order chi connectivity index (χ0) is 16.3. The van der Waals surface area contributed by atoms with Gasteiger partial charge in [-0.1, -0.05) is 16.7 Å². The van der Waals surface area contributed by atoms with Crippen molar-refractivity contribution in [1.29, 1.82) is 0 Å². The molecule has 2 heterocycles. The molecule has 1 N–H and O–H groups in total. The van der Waals surface area contributed by atoms with Crippen molar-refractivity contribution in [2.24, 2.45) is 5.16 Å². The number of ether oxygens (including phenoxy) is 1. The molecule has 1 aliphatic rings. The molecule has 8 heteroatoms. The number of carbonyl (C=O) groups is 1. The van der Waals surface area contributed by atoms with Crippen LogP contribution in [0.2, 0.25) is 0 Å². The summed E-state index contributed by atoms with van der Waals surface area (Å²) < 4.78 is 5.36. The minimum atomic E-state index is -0.503. The predicted molar refractivity (Wildman–Crippen MR) is 87.4 cm³/mol. The maximum Gasteiger partial charge on any atom is 0.410 e. The molecule has 118 valence electrons. The Labute approximate surface area is 135 Å². The Hall–Kier alpha value is -1.70. The average molecular weight is 321 g/mol. The lowest BCUT2D eigenvalue weighted by atomic mass is 9.96. The summed E-state index contributed by atoms with van der Waals surface area (Å²) in [5.41, 5.74) is 0.0875. The lowest BCUT2D eigenvalue weighted by Crippen LogP contribution is -2.52. The Morgan fingerprint density at radius 3 is 2.36 bits per heavy atom. The second kappa shape index (κ2) is 6.60. The van der Waals surface area contributed by atoms with Crippen LogP contribution in [0.5, 0.6) is 0 Å². The third-order valence-electron chi connectivity index (χ3n) is 3.22. The number of amides is 1. The first-order chi connectivity index (χ1) is 10.3. The van der Waals surface area contributed by atoms with Crippen molar-refractivity contribution in [2.75, 3.05) is 26.2 Å². The van der Waals surface area contributed by atoms with E-state index in [9.17, 15) is 10.0 Å². The fraction of sp³-hybridized carbons (Fsp3) is 0.571. The van der Waals surface area contributed by atoms with Crippen LogP contribution in [-0.4, -0.2) is 66.6 Å². The Kier molecular flexibility index (Phi) is 5.00. The van der Waals surface area contributed by atoms with Gasteiger partial charge in [-0.2, -0.15) is 0 Å². The predicted octanol–water partition coefficient (Wildman–Crippen LogP) is 1.23. The van der Waals surface area contributed by atoms with Gasteiger partial charge in [-0.05, 0) is 26.2 Å². The van der Waals surface area contributed by atoms with Crippen LogP contribution < -0.4 is 5.46 Å². The summed E-state index contributed by atoms with van der Waals surface area (Å²) in [6.45, 7) is 7.69. The minimum Gasteiger partial charge on any atom is -0.444 e. The first-order valence-corrected chi connectivity index (χ1v) is 7.98. The number of carbonyl (C=O) groups excluding carboxylic acids is 1. The molecule has 2 radical (unpaired) electrons. The summed E-state index contributed by atoms with van der Waals surface area (Å²) >= 11 is 1.43. The summed E-state index contributed by atoms with van der Waals surface area (Å²) in [7, 11) is 5.88. The van der Waals surface area contributed by atoms with Crippen molar-refractivity contribution in [1.82, 2.24) is 9.80 Å². The highest BCUT2D eigenvalue weighted by atomic mass is 32.1. The van der Waals surface area contributed by atoms with Gasteiger partial charge in [-0.15, -0.1) is 11.3 Å². The zero-order valence-corrected chi connectivity index (χ0v) is 13.9. The van der Waals surface area contributed by atoms with Gasteiger partial charge in [0, 0.05) is 26.2 Å². The van der Waals surface area contributed by atoms with E-state index in [1.165, 1.54) is 11.3 Å². The summed E-state index contributed by atoms with van der Waals surface area (Å²) in [4.78, 5) is 16.4. The third-order valence-corrected chi connectivity index (χ3v) is 4.15. The number of hydrogen-bond acceptors (Lipinski definition) is 5. The molecule has 2 rings (SSSR count). The van der Waals surface area contributed by atoms with Crippen LogP contribution in [0.1, 0.15) is 25.6 Å². The van der Waals surface area contributed by atoms with E-state index in [4.69, 9.17) is 12.6 Å². The smallest absolute Gasteiger partial charge is 0.410 e. The lowest BCUT2D eigenvalue weighted by molar-refractivity contribution is 0.0186. The fourth-order valence-corrected chi connectivity index (χ4v) is 3.01. The number of oxime groups is 1. The largest absolute Gasteiger partial charge is 0.444 e. The monoisotopic (exact) mass is 321 g/mol. The summed E-state index contributed by atoms with van der Waals surface area (Å²) in [6, 6.07) is 1.78. The molecule has 0 bridgehead atoms. The second-order valence-corrected chi connectivity index (χ2v) is 7.00. The van der Waals surface area contributed by atoms with Crippen LogP contribution in [-0.2, 0) is 4.74 Å². The van der Waals surface area contributed by atoms with Gasteiger partial charge in [0.1, 0.15) is 13.4 Å². The number of rotatable bonds is 1. The molecule has 1 saturated heterocycles. The highest BCUT2D eigenvalue weighted by Gasteiger charge is 2.28. The Bertz CT molecular complexity index is 560. The van der Waals surface area contributed by atoms with E-state index in [0.29, 0.717) is 37.5 Å². The molecule has 0 atom stereocenters. The van der Waals surface area contributed by atoms with Gasteiger partial charge >= 0.3 is 6.09 Å². The topological polar surface area (TPSA) is 65.4 Å². The number of piperazine rings is 1. The van der Waals surface area contributed by atoms with Crippen LogP contribution in [0, 0.1) is 0 Å². The van der Waals surface area contributed by atoms with Gasteiger partial charge in [0.05, 0.1) is 4.88 Å². The fourth-order valence-electron chi connectivity index (χ4n) is 2.18. The third kappa shape index (κ3) is 3.94. The molecule has 1 fully saturated rings. The highest BCUT2D eigenvalue weighted by Crippen LogP contribution is 2.15. The van der Waals surface area contributed by atoms with E-state index in [0.717, 1.165) is 4.88 Å². The number of thiophene rings is 1. The number of nitrogens with zero attached hydrogens (tertiary/aromatic N) is 3. The lowest BCUT2D eigenvalue weighted by Gasteiger charge is -2.36. The first-order valence-electron chi connectivity index (χ1n) is 7.10. The number of amidine groups is 1. The van der Waals surface area contributed by atoms with Crippen LogP contribution in [0.4, 0.5) is 4.79 Å². The first kappa shape index (κ1) is 16.7. The van der Waals surface area contributed by atoms with Gasteiger partial charge in [0.25, 0.3) is 0 Å². The molecule has 0 spiro atoms. The molecule has 22 heavy (non-hydrogen) atoms. The van der Waals surface area contributed by atoms with Gasteiger partial charge in [0.2, 0.25) is 0 Å². The van der Waals surface area contributed by atoms with Gasteiger partial charge in [0.15, 0.2) is 5.84 Å². The molecular weight excluding hydrogens is 301 g/mol. The van der Waals surface area contributed by atoms with Crippen molar-refractivity contribution in [2.45, 2.75) is 26.4 Å². The minimum absolute atomic E-state index is 0.315. The van der Waals surface area contributed by atoms with Gasteiger partial charge < -0.3 is 19.7 Å². The maximum absolute atomic E-state index is 12.0. The second-order valence-electron chi connectivity index (χ2n) is 6.08. The summed E-state index contributed by atoms with van der Waals surface area (Å²) in [6.07, 6.45) is -0.315. The molecular formula is C14H20BN3O3S. The molecule has 0 unspecified atom stereocenters. The molecule has 0 saturated carbocycles. The van der Waals surface area contributed by atoms with Crippen LogP contribution in [0.25, 0.3) is 0 Å². The molecule has 0 aliphatic carbocycles. The van der Waals surface area contributed by atoms with Crippen molar-refractivity contribution in [3.05, 3.63) is 16.3 Å². The van der Waals surface area contributed by atoms with Crippen LogP contribution >= 0.6 is 11.3 Å². The van der Waals surface area contributed by atoms with E-state index >= 15 is 0 Å². The van der Waals surface area contributed by atoms with Gasteiger partial charge in [-0.25, -0.2) is 4.79 Å². The SMILES string of the molecule is [B]c1ccsc1/C(=N/O)N1CCN(C(=O)OC(C)(C)C)CC1. The van der Waals surface area contributed by atoms with Crippen molar-refractivity contribution >= 4 is 36.6 Å². The van der Waals surface area contributed by atoms with E-state index in [1.807, 2.05) is 31.1 Å². The Balaban J connectivity index is 1.97. The maximum atomic E-state index is 12.0.